The first kappa shape index (κ1) is 16.7. The smallest absolute Gasteiger partial charge is 0.223 e. The Labute approximate surface area is 123 Å². The Morgan fingerprint density at radius 2 is 2.05 bits per heavy atom. The molecular formula is C14H28ClN3O. The minimum atomic E-state index is 0. The highest BCUT2D eigenvalue weighted by Gasteiger charge is 2.21. The van der Waals surface area contributed by atoms with E-state index in [1.54, 1.807) is 0 Å². The normalized spacial score (nSPS) is 25.6. The molecule has 0 radical (unpaired) electrons. The number of carbonyl (C=O) groups excluding carboxylic acids is 1. The third-order valence-electron chi connectivity index (χ3n) is 4.18. The van der Waals surface area contributed by atoms with E-state index in [4.69, 9.17) is 0 Å². The molecule has 2 aliphatic heterocycles. The number of carbonyl (C=O) groups is 1. The lowest BCUT2D eigenvalue weighted by Gasteiger charge is -2.31. The first-order valence-electron chi connectivity index (χ1n) is 7.46. The summed E-state index contributed by atoms with van der Waals surface area (Å²) in [6.07, 6.45) is 4.65. The Morgan fingerprint density at radius 1 is 1.32 bits per heavy atom. The van der Waals surface area contributed by atoms with E-state index in [9.17, 15) is 4.79 Å². The van der Waals surface area contributed by atoms with Crippen molar-refractivity contribution in [2.75, 3.05) is 39.3 Å². The molecule has 0 aromatic heterocycles. The zero-order valence-corrected chi connectivity index (χ0v) is 12.8. The monoisotopic (exact) mass is 289 g/mol. The molecule has 0 aliphatic carbocycles. The van der Waals surface area contributed by atoms with Crippen LogP contribution in [0.1, 0.15) is 32.6 Å². The summed E-state index contributed by atoms with van der Waals surface area (Å²) in [6, 6.07) is 0. The molecule has 2 fully saturated rings. The zero-order chi connectivity index (χ0) is 12.8. The van der Waals surface area contributed by atoms with Gasteiger partial charge in [-0.05, 0) is 51.2 Å². The van der Waals surface area contributed by atoms with Crippen molar-refractivity contribution < 1.29 is 4.79 Å². The lowest BCUT2D eigenvalue weighted by atomic mass is 9.97. The highest BCUT2D eigenvalue weighted by molar-refractivity contribution is 5.85. The zero-order valence-electron chi connectivity index (χ0n) is 12.0. The van der Waals surface area contributed by atoms with Crippen molar-refractivity contribution in [3.8, 4) is 0 Å². The van der Waals surface area contributed by atoms with Crippen LogP contribution in [0.5, 0.6) is 0 Å². The summed E-state index contributed by atoms with van der Waals surface area (Å²) < 4.78 is 0. The molecule has 4 nitrogen and oxygen atoms in total. The Kier molecular flexibility index (Phi) is 7.73. The number of rotatable bonds is 4. The van der Waals surface area contributed by atoms with Crippen LogP contribution in [0.4, 0.5) is 0 Å². The van der Waals surface area contributed by atoms with Crippen molar-refractivity contribution in [1.29, 1.82) is 0 Å². The van der Waals surface area contributed by atoms with E-state index in [2.05, 4.69) is 22.5 Å². The van der Waals surface area contributed by atoms with E-state index < -0.39 is 0 Å². The lowest BCUT2D eigenvalue weighted by Crippen LogP contribution is -2.43. The quantitative estimate of drug-likeness (QED) is 0.819. The first-order valence-corrected chi connectivity index (χ1v) is 7.46. The number of piperidine rings is 2. The number of nitrogens with one attached hydrogen (secondary N) is 2. The van der Waals surface area contributed by atoms with E-state index in [0.29, 0.717) is 0 Å². The topological polar surface area (TPSA) is 44.4 Å². The second kappa shape index (κ2) is 8.77. The van der Waals surface area contributed by atoms with Crippen LogP contribution in [0.25, 0.3) is 0 Å². The average Bonchev–Trinajstić information content (AvgIpc) is 2.40. The van der Waals surface area contributed by atoms with Gasteiger partial charge >= 0.3 is 0 Å². The number of hydrogen-bond acceptors (Lipinski definition) is 3. The molecule has 0 aromatic rings. The largest absolute Gasteiger partial charge is 0.355 e. The van der Waals surface area contributed by atoms with Crippen molar-refractivity contribution in [3.63, 3.8) is 0 Å². The molecule has 0 saturated carbocycles. The molecule has 1 amide bonds. The Hall–Kier alpha value is -0.320. The Morgan fingerprint density at radius 3 is 2.74 bits per heavy atom. The third-order valence-corrected chi connectivity index (χ3v) is 4.18. The van der Waals surface area contributed by atoms with Crippen LogP contribution in [0.2, 0.25) is 0 Å². The number of likely N-dealkylation sites (tertiary alicyclic amines) is 1. The summed E-state index contributed by atoms with van der Waals surface area (Å²) >= 11 is 0. The molecule has 0 bridgehead atoms. The minimum absolute atomic E-state index is 0. The van der Waals surface area contributed by atoms with Crippen LogP contribution in [0, 0.1) is 11.8 Å². The van der Waals surface area contributed by atoms with Crippen LogP contribution in [0.3, 0.4) is 0 Å². The van der Waals surface area contributed by atoms with Gasteiger partial charge in [-0.25, -0.2) is 0 Å². The summed E-state index contributed by atoms with van der Waals surface area (Å²) in [5, 5.41) is 6.40. The Bertz CT molecular complexity index is 269. The predicted molar refractivity (Wildman–Crippen MR) is 80.7 cm³/mol. The highest BCUT2D eigenvalue weighted by atomic mass is 35.5. The number of nitrogens with zero attached hydrogens (tertiary/aromatic N) is 1. The SMILES string of the molecule is CC1CCCN(CCNC(=O)C2CCNCC2)C1.Cl. The van der Waals surface area contributed by atoms with Gasteiger partial charge in [0.1, 0.15) is 0 Å². The number of amides is 1. The van der Waals surface area contributed by atoms with Gasteiger partial charge in [-0.2, -0.15) is 0 Å². The molecule has 112 valence electrons. The van der Waals surface area contributed by atoms with Gasteiger partial charge in [-0.15, -0.1) is 12.4 Å². The van der Waals surface area contributed by atoms with Gasteiger partial charge in [0.15, 0.2) is 0 Å². The maximum atomic E-state index is 11.9. The molecule has 19 heavy (non-hydrogen) atoms. The van der Waals surface area contributed by atoms with Crippen molar-refractivity contribution in [3.05, 3.63) is 0 Å². The number of halogens is 1. The van der Waals surface area contributed by atoms with Gasteiger partial charge in [0, 0.05) is 25.6 Å². The molecule has 1 unspecified atom stereocenters. The maximum absolute atomic E-state index is 11.9. The molecule has 2 heterocycles. The second-order valence-corrected chi connectivity index (χ2v) is 5.86. The van der Waals surface area contributed by atoms with Crippen molar-refractivity contribution in [2.24, 2.45) is 11.8 Å². The van der Waals surface area contributed by atoms with Crippen LogP contribution >= 0.6 is 12.4 Å². The van der Waals surface area contributed by atoms with Gasteiger partial charge in [0.2, 0.25) is 5.91 Å². The van der Waals surface area contributed by atoms with E-state index >= 15 is 0 Å². The van der Waals surface area contributed by atoms with E-state index in [1.807, 2.05) is 0 Å². The summed E-state index contributed by atoms with van der Waals surface area (Å²) in [5.41, 5.74) is 0. The van der Waals surface area contributed by atoms with Crippen LogP contribution in [0.15, 0.2) is 0 Å². The van der Waals surface area contributed by atoms with Crippen molar-refractivity contribution in [2.45, 2.75) is 32.6 Å². The van der Waals surface area contributed by atoms with Crippen LogP contribution in [-0.2, 0) is 4.79 Å². The average molecular weight is 290 g/mol. The van der Waals surface area contributed by atoms with Crippen LogP contribution < -0.4 is 10.6 Å². The van der Waals surface area contributed by atoms with Gasteiger partial charge < -0.3 is 15.5 Å². The fourth-order valence-corrected chi connectivity index (χ4v) is 3.06. The van der Waals surface area contributed by atoms with E-state index in [-0.39, 0.29) is 24.2 Å². The fourth-order valence-electron chi connectivity index (χ4n) is 3.06. The molecule has 0 spiro atoms. The maximum Gasteiger partial charge on any atom is 0.223 e. The molecule has 1 atom stereocenters. The summed E-state index contributed by atoms with van der Waals surface area (Å²) in [7, 11) is 0. The van der Waals surface area contributed by atoms with Crippen LogP contribution in [-0.4, -0.2) is 50.1 Å². The van der Waals surface area contributed by atoms with Crippen molar-refractivity contribution in [1.82, 2.24) is 15.5 Å². The van der Waals surface area contributed by atoms with Gasteiger partial charge in [-0.3, -0.25) is 4.79 Å². The number of hydrogen-bond donors (Lipinski definition) is 2. The van der Waals surface area contributed by atoms with Gasteiger partial charge in [-0.1, -0.05) is 6.92 Å². The van der Waals surface area contributed by atoms with E-state index in [0.717, 1.165) is 44.9 Å². The molecule has 2 saturated heterocycles. The third kappa shape index (κ3) is 5.67. The first-order chi connectivity index (χ1) is 8.75. The fraction of sp³-hybridized carbons (Fsp3) is 0.929. The summed E-state index contributed by atoms with van der Waals surface area (Å²) in [5.74, 6) is 1.33. The molecule has 2 N–H and O–H groups in total. The molecule has 0 aromatic carbocycles. The molecule has 2 aliphatic rings. The van der Waals surface area contributed by atoms with E-state index in [1.165, 1.54) is 25.9 Å². The Balaban J connectivity index is 0.00000180. The van der Waals surface area contributed by atoms with Gasteiger partial charge in [0.25, 0.3) is 0 Å². The minimum Gasteiger partial charge on any atom is -0.355 e. The second-order valence-electron chi connectivity index (χ2n) is 5.86. The van der Waals surface area contributed by atoms with Crippen molar-refractivity contribution >= 4 is 18.3 Å². The highest BCUT2D eigenvalue weighted by Crippen LogP contribution is 2.15. The lowest BCUT2D eigenvalue weighted by molar-refractivity contribution is -0.125. The van der Waals surface area contributed by atoms with Gasteiger partial charge in [0.05, 0.1) is 0 Å². The summed E-state index contributed by atoms with van der Waals surface area (Å²) in [4.78, 5) is 14.4. The summed E-state index contributed by atoms with van der Waals surface area (Å²) in [6.45, 7) is 8.52. The molecule has 5 heteroatoms. The standard InChI is InChI=1S/C14H27N3O.ClH/c1-12-3-2-9-17(11-12)10-8-16-14(18)13-4-6-15-7-5-13;/h12-13,15H,2-11H2,1H3,(H,16,18);1H. The predicted octanol–water partition coefficient (Wildman–Crippen LogP) is 1.26. The molecule has 2 rings (SSSR count). The molecular weight excluding hydrogens is 262 g/mol.